The van der Waals surface area contributed by atoms with Crippen LogP contribution in [0.5, 0.6) is 11.8 Å². The number of amides is 1. The number of aromatic nitrogens is 4. The van der Waals surface area contributed by atoms with E-state index in [1.54, 1.807) is 43.7 Å². The lowest BCUT2D eigenvalue weighted by Crippen LogP contribution is -2.34. The fraction of sp³-hybridized carbons (Fsp3) is 0.375. The van der Waals surface area contributed by atoms with Crippen LogP contribution in [0.1, 0.15) is 46.2 Å². The standard InChI is InChI=1S/C24H28N6O2/c1-17-21(23(31)29(2)3)14-27-22(28-17)19-8-5-12-30(16-19)15-18-7-4-9-20(13-18)32-24-25-10-6-11-26-24/h4,6-7,9-11,13-14,19H,5,8,12,15-16H2,1-3H3. The molecule has 166 valence electrons. The number of hydrogen-bond donors (Lipinski definition) is 0. The van der Waals surface area contributed by atoms with Crippen molar-refractivity contribution < 1.29 is 9.53 Å². The highest BCUT2D eigenvalue weighted by molar-refractivity contribution is 5.94. The van der Waals surface area contributed by atoms with E-state index in [9.17, 15) is 4.79 Å². The van der Waals surface area contributed by atoms with E-state index in [1.807, 2.05) is 25.1 Å². The molecule has 1 amide bonds. The number of piperidine rings is 1. The van der Waals surface area contributed by atoms with Crippen LogP contribution < -0.4 is 4.74 Å². The van der Waals surface area contributed by atoms with Gasteiger partial charge in [0.05, 0.1) is 11.3 Å². The second-order valence-electron chi connectivity index (χ2n) is 8.28. The minimum atomic E-state index is -0.0673. The molecule has 0 bridgehead atoms. The van der Waals surface area contributed by atoms with Gasteiger partial charge in [-0.15, -0.1) is 0 Å². The van der Waals surface area contributed by atoms with E-state index in [0.717, 1.165) is 49.7 Å². The summed E-state index contributed by atoms with van der Waals surface area (Å²) >= 11 is 0. The number of hydrogen-bond acceptors (Lipinski definition) is 7. The molecule has 0 aliphatic carbocycles. The Morgan fingerprint density at radius 3 is 2.75 bits per heavy atom. The molecule has 0 radical (unpaired) electrons. The third kappa shape index (κ3) is 5.26. The third-order valence-corrected chi connectivity index (χ3v) is 5.56. The molecule has 1 fully saturated rings. The predicted octanol–water partition coefficient (Wildman–Crippen LogP) is 3.45. The highest BCUT2D eigenvalue weighted by atomic mass is 16.5. The lowest BCUT2D eigenvalue weighted by molar-refractivity contribution is 0.0825. The first-order valence-electron chi connectivity index (χ1n) is 10.8. The maximum absolute atomic E-state index is 12.3. The van der Waals surface area contributed by atoms with Crippen LogP contribution in [-0.2, 0) is 6.54 Å². The average molecular weight is 433 g/mol. The zero-order valence-electron chi connectivity index (χ0n) is 18.7. The summed E-state index contributed by atoms with van der Waals surface area (Å²) in [6.45, 7) is 4.61. The van der Waals surface area contributed by atoms with Crippen molar-refractivity contribution in [2.24, 2.45) is 0 Å². The van der Waals surface area contributed by atoms with Gasteiger partial charge in [0, 0.05) is 51.7 Å². The molecule has 1 aliphatic heterocycles. The Hall–Kier alpha value is -3.39. The molecule has 8 nitrogen and oxygen atoms in total. The van der Waals surface area contributed by atoms with Gasteiger partial charge in [0.25, 0.3) is 5.91 Å². The average Bonchev–Trinajstić information content (AvgIpc) is 2.79. The maximum atomic E-state index is 12.3. The molecule has 1 atom stereocenters. The lowest BCUT2D eigenvalue weighted by Gasteiger charge is -2.32. The number of nitrogens with zero attached hydrogens (tertiary/aromatic N) is 6. The van der Waals surface area contributed by atoms with E-state index in [0.29, 0.717) is 11.6 Å². The molecule has 1 saturated heterocycles. The van der Waals surface area contributed by atoms with Gasteiger partial charge in [-0.2, -0.15) is 0 Å². The van der Waals surface area contributed by atoms with Gasteiger partial charge in [-0.3, -0.25) is 9.69 Å². The summed E-state index contributed by atoms with van der Waals surface area (Å²) in [5, 5.41) is 0. The summed E-state index contributed by atoms with van der Waals surface area (Å²) in [4.78, 5) is 33.7. The maximum Gasteiger partial charge on any atom is 0.321 e. The summed E-state index contributed by atoms with van der Waals surface area (Å²) in [5.74, 6) is 1.73. The van der Waals surface area contributed by atoms with Crippen LogP contribution in [0.4, 0.5) is 0 Å². The van der Waals surface area contributed by atoms with Gasteiger partial charge in [0.15, 0.2) is 0 Å². The Balaban J connectivity index is 1.42. The van der Waals surface area contributed by atoms with E-state index in [-0.39, 0.29) is 11.8 Å². The van der Waals surface area contributed by atoms with Crippen molar-refractivity contribution in [2.45, 2.75) is 32.2 Å². The second kappa shape index (κ2) is 9.82. The van der Waals surface area contributed by atoms with Crippen LogP contribution in [0.3, 0.4) is 0 Å². The number of carbonyl (C=O) groups excluding carboxylic acids is 1. The fourth-order valence-corrected chi connectivity index (χ4v) is 3.95. The van der Waals surface area contributed by atoms with Gasteiger partial charge in [0.2, 0.25) is 0 Å². The van der Waals surface area contributed by atoms with E-state index in [2.05, 4.69) is 30.9 Å². The van der Waals surface area contributed by atoms with Gasteiger partial charge in [-0.25, -0.2) is 19.9 Å². The van der Waals surface area contributed by atoms with Crippen LogP contribution in [0.15, 0.2) is 48.9 Å². The number of benzene rings is 1. The molecule has 2 aromatic heterocycles. The highest BCUT2D eigenvalue weighted by Crippen LogP contribution is 2.27. The van der Waals surface area contributed by atoms with Crippen LogP contribution in [-0.4, -0.2) is 62.8 Å². The fourth-order valence-electron chi connectivity index (χ4n) is 3.95. The van der Waals surface area contributed by atoms with E-state index >= 15 is 0 Å². The van der Waals surface area contributed by atoms with Crippen LogP contribution in [0.25, 0.3) is 0 Å². The Morgan fingerprint density at radius 1 is 1.19 bits per heavy atom. The number of aryl methyl sites for hydroxylation is 1. The van der Waals surface area contributed by atoms with E-state index < -0.39 is 0 Å². The molecule has 32 heavy (non-hydrogen) atoms. The number of carbonyl (C=O) groups is 1. The topological polar surface area (TPSA) is 84.3 Å². The first-order valence-corrected chi connectivity index (χ1v) is 10.8. The number of likely N-dealkylation sites (tertiary alicyclic amines) is 1. The Labute approximate surface area is 188 Å². The van der Waals surface area contributed by atoms with Gasteiger partial charge in [0.1, 0.15) is 11.6 Å². The molecule has 1 unspecified atom stereocenters. The van der Waals surface area contributed by atoms with Crippen molar-refractivity contribution in [1.29, 1.82) is 0 Å². The molecule has 0 spiro atoms. The Bertz CT molecular complexity index is 1070. The van der Waals surface area contributed by atoms with Gasteiger partial charge < -0.3 is 9.64 Å². The number of ether oxygens (including phenoxy) is 1. The SMILES string of the molecule is Cc1nc(C2CCCN(Cc3cccc(Oc4ncccn4)c3)C2)ncc1C(=O)N(C)C. The Kier molecular flexibility index (Phi) is 6.70. The summed E-state index contributed by atoms with van der Waals surface area (Å²) in [6.07, 6.45) is 7.12. The quantitative estimate of drug-likeness (QED) is 0.590. The molecule has 0 N–H and O–H groups in total. The Morgan fingerprint density at radius 2 is 2.00 bits per heavy atom. The normalized spacial score (nSPS) is 16.5. The largest absolute Gasteiger partial charge is 0.424 e. The van der Waals surface area contributed by atoms with Crippen LogP contribution >= 0.6 is 0 Å². The van der Waals surface area contributed by atoms with Crippen molar-refractivity contribution in [2.75, 3.05) is 27.2 Å². The van der Waals surface area contributed by atoms with E-state index in [1.165, 1.54) is 5.56 Å². The first-order chi connectivity index (χ1) is 15.5. The number of rotatable bonds is 6. The summed E-state index contributed by atoms with van der Waals surface area (Å²) in [5.41, 5.74) is 2.47. The summed E-state index contributed by atoms with van der Waals surface area (Å²) < 4.78 is 5.77. The van der Waals surface area contributed by atoms with Crippen LogP contribution in [0, 0.1) is 6.92 Å². The van der Waals surface area contributed by atoms with Crippen molar-refractivity contribution in [1.82, 2.24) is 29.7 Å². The second-order valence-corrected chi connectivity index (χ2v) is 8.28. The molecule has 1 aliphatic rings. The van der Waals surface area contributed by atoms with Crippen molar-refractivity contribution in [3.8, 4) is 11.8 Å². The molecule has 8 heteroatoms. The smallest absolute Gasteiger partial charge is 0.321 e. The monoisotopic (exact) mass is 432 g/mol. The molecule has 3 heterocycles. The molecular formula is C24H28N6O2. The minimum absolute atomic E-state index is 0.0673. The van der Waals surface area contributed by atoms with Gasteiger partial charge in [-0.1, -0.05) is 12.1 Å². The van der Waals surface area contributed by atoms with Crippen molar-refractivity contribution in [3.63, 3.8) is 0 Å². The summed E-state index contributed by atoms with van der Waals surface area (Å²) in [7, 11) is 3.48. The summed E-state index contributed by atoms with van der Waals surface area (Å²) in [6, 6.07) is 10.1. The van der Waals surface area contributed by atoms with Crippen molar-refractivity contribution >= 4 is 5.91 Å². The highest BCUT2D eigenvalue weighted by Gasteiger charge is 2.25. The third-order valence-electron chi connectivity index (χ3n) is 5.56. The molecule has 1 aromatic carbocycles. The van der Waals surface area contributed by atoms with Crippen LogP contribution in [0.2, 0.25) is 0 Å². The van der Waals surface area contributed by atoms with Crippen molar-refractivity contribution in [3.05, 3.63) is 71.6 Å². The zero-order valence-corrected chi connectivity index (χ0v) is 18.7. The lowest BCUT2D eigenvalue weighted by atomic mass is 9.96. The predicted molar refractivity (Wildman–Crippen MR) is 121 cm³/mol. The molecule has 3 aromatic rings. The van der Waals surface area contributed by atoms with Gasteiger partial charge >= 0.3 is 6.01 Å². The molecule has 4 rings (SSSR count). The molecule has 0 saturated carbocycles. The first kappa shape index (κ1) is 21.8. The minimum Gasteiger partial charge on any atom is -0.424 e. The van der Waals surface area contributed by atoms with Gasteiger partial charge in [-0.05, 0) is 50.1 Å². The van der Waals surface area contributed by atoms with E-state index in [4.69, 9.17) is 4.74 Å². The molecular weight excluding hydrogens is 404 g/mol. The zero-order chi connectivity index (χ0) is 22.5.